The minimum absolute atomic E-state index is 0.170. The van der Waals surface area contributed by atoms with Crippen LogP contribution in [0, 0.1) is 20.8 Å². The Morgan fingerprint density at radius 1 is 0.966 bits per heavy atom. The van der Waals surface area contributed by atoms with Gasteiger partial charge in [-0.15, -0.1) is 0 Å². The van der Waals surface area contributed by atoms with Gasteiger partial charge >= 0.3 is 0 Å². The van der Waals surface area contributed by atoms with E-state index in [0.717, 1.165) is 32.2 Å². The smallest absolute Gasteiger partial charge is 0.256 e. The quantitative estimate of drug-likeness (QED) is 0.470. The summed E-state index contributed by atoms with van der Waals surface area (Å²) in [7, 11) is 0. The standard InChI is InChI=1S/C22H20BrN5O/c1-12-5-4-6-17-13(2)24-21(26-19(12)17)28-22-25-14(3)18(20(29)27-22)11-15-7-9-16(23)10-8-15/h4-10H,11H2,1-3H3,(H2,24,25,26,27,28,29). The molecule has 0 amide bonds. The van der Waals surface area contributed by atoms with Crippen LogP contribution in [0.3, 0.4) is 0 Å². The van der Waals surface area contributed by atoms with E-state index in [1.165, 1.54) is 0 Å². The molecular formula is C22H20BrN5O. The second-order valence-corrected chi connectivity index (χ2v) is 7.93. The topological polar surface area (TPSA) is 83.6 Å². The Hall–Kier alpha value is -3.06. The van der Waals surface area contributed by atoms with Crippen molar-refractivity contribution in [2.45, 2.75) is 27.2 Å². The molecule has 0 saturated heterocycles. The van der Waals surface area contributed by atoms with Crippen LogP contribution in [0.1, 0.15) is 28.1 Å². The highest BCUT2D eigenvalue weighted by molar-refractivity contribution is 9.10. The predicted molar refractivity (Wildman–Crippen MR) is 119 cm³/mol. The predicted octanol–water partition coefficient (Wildman–Crippen LogP) is 4.74. The second kappa shape index (κ2) is 7.75. The number of anilines is 2. The molecule has 0 atom stereocenters. The first kappa shape index (κ1) is 19.3. The average Bonchev–Trinajstić information content (AvgIpc) is 2.67. The molecule has 7 heteroatoms. The van der Waals surface area contributed by atoms with Crippen LogP contribution in [0.15, 0.2) is 51.7 Å². The highest BCUT2D eigenvalue weighted by atomic mass is 79.9. The van der Waals surface area contributed by atoms with Gasteiger partial charge in [-0.25, -0.2) is 15.0 Å². The summed E-state index contributed by atoms with van der Waals surface area (Å²) < 4.78 is 1.01. The van der Waals surface area contributed by atoms with Gasteiger partial charge in [0.05, 0.1) is 16.9 Å². The summed E-state index contributed by atoms with van der Waals surface area (Å²) in [5.74, 6) is 0.742. The van der Waals surface area contributed by atoms with Gasteiger partial charge in [-0.05, 0) is 44.0 Å². The first-order chi connectivity index (χ1) is 13.9. The summed E-state index contributed by atoms with van der Waals surface area (Å²) in [6.45, 7) is 5.79. The van der Waals surface area contributed by atoms with Gasteiger partial charge in [0.2, 0.25) is 11.9 Å². The molecule has 0 aliphatic heterocycles. The monoisotopic (exact) mass is 449 g/mol. The van der Waals surface area contributed by atoms with Crippen LogP contribution in [-0.4, -0.2) is 19.9 Å². The van der Waals surface area contributed by atoms with E-state index in [4.69, 9.17) is 0 Å². The SMILES string of the molecule is Cc1nc(Nc2nc(C)c3cccc(C)c3n2)[nH]c(=O)c1Cc1ccc(Br)cc1. The molecule has 146 valence electrons. The Kier molecular flexibility index (Phi) is 5.15. The average molecular weight is 450 g/mol. The number of fused-ring (bicyclic) bond motifs is 1. The van der Waals surface area contributed by atoms with Crippen molar-refractivity contribution >= 4 is 38.7 Å². The van der Waals surface area contributed by atoms with Gasteiger partial charge in [0.25, 0.3) is 5.56 Å². The maximum atomic E-state index is 12.7. The van der Waals surface area contributed by atoms with Crippen LogP contribution < -0.4 is 10.9 Å². The zero-order chi connectivity index (χ0) is 20.5. The fourth-order valence-electron chi connectivity index (χ4n) is 3.30. The third-order valence-corrected chi connectivity index (χ3v) is 5.39. The number of H-pyrrole nitrogens is 1. The Morgan fingerprint density at radius 3 is 2.45 bits per heavy atom. The van der Waals surface area contributed by atoms with Crippen LogP contribution in [0.2, 0.25) is 0 Å². The summed E-state index contributed by atoms with van der Waals surface area (Å²) in [6.07, 6.45) is 0.520. The van der Waals surface area contributed by atoms with Gasteiger partial charge in [0, 0.05) is 21.8 Å². The largest absolute Gasteiger partial charge is 0.294 e. The lowest BCUT2D eigenvalue weighted by atomic mass is 10.1. The van der Waals surface area contributed by atoms with E-state index in [0.29, 0.717) is 29.6 Å². The van der Waals surface area contributed by atoms with Crippen LogP contribution in [0.5, 0.6) is 0 Å². The van der Waals surface area contributed by atoms with E-state index in [1.807, 2.05) is 63.2 Å². The maximum absolute atomic E-state index is 12.7. The summed E-state index contributed by atoms with van der Waals surface area (Å²) in [5.41, 5.74) is 5.01. The fraction of sp³-hybridized carbons (Fsp3) is 0.182. The molecule has 0 spiro atoms. The first-order valence-electron chi connectivity index (χ1n) is 9.26. The van der Waals surface area contributed by atoms with Crippen LogP contribution >= 0.6 is 15.9 Å². The van der Waals surface area contributed by atoms with Gasteiger partial charge in [-0.2, -0.15) is 0 Å². The summed E-state index contributed by atoms with van der Waals surface area (Å²) in [5, 5.41) is 4.06. The van der Waals surface area contributed by atoms with Gasteiger partial charge in [-0.1, -0.05) is 46.3 Å². The molecule has 29 heavy (non-hydrogen) atoms. The van der Waals surface area contributed by atoms with Crippen molar-refractivity contribution in [3.8, 4) is 0 Å². The number of aryl methyl sites for hydroxylation is 3. The molecule has 2 heterocycles. The Bertz CT molecular complexity index is 1260. The van der Waals surface area contributed by atoms with Crippen molar-refractivity contribution in [3.63, 3.8) is 0 Å². The number of hydrogen-bond acceptors (Lipinski definition) is 5. The molecule has 0 fully saturated rings. The lowest BCUT2D eigenvalue weighted by molar-refractivity contribution is 0.978. The highest BCUT2D eigenvalue weighted by Gasteiger charge is 2.12. The lowest BCUT2D eigenvalue weighted by Crippen LogP contribution is -2.19. The molecule has 0 bridgehead atoms. The number of nitrogens with zero attached hydrogens (tertiary/aromatic N) is 3. The Labute approximate surface area is 176 Å². The summed E-state index contributed by atoms with van der Waals surface area (Å²) in [4.78, 5) is 29.1. The van der Waals surface area contributed by atoms with E-state index < -0.39 is 0 Å². The van der Waals surface area contributed by atoms with Crippen molar-refractivity contribution in [1.29, 1.82) is 0 Å². The summed E-state index contributed by atoms with van der Waals surface area (Å²) >= 11 is 3.42. The lowest BCUT2D eigenvalue weighted by Gasteiger charge is -2.11. The number of aromatic nitrogens is 4. The van der Waals surface area contributed by atoms with Gasteiger partial charge in [0.1, 0.15) is 0 Å². The van der Waals surface area contributed by atoms with E-state index >= 15 is 0 Å². The van der Waals surface area contributed by atoms with Crippen molar-refractivity contribution < 1.29 is 0 Å². The zero-order valence-corrected chi connectivity index (χ0v) is 18.0. The third-order valence-electron chi connectivity index (χ3n) is 4.87. The number of benzene rings is 2. The van der Waals surface area contributed by atoms with Crippen molar-refractivity contribution in [2.24, 2.45) is 0 Å². The fourth-order valence-corrected chi connectivity index (χ4v) is 3.56. The molecule has 4 rings (SSSR count). The summed E-state index contributed by atoms with van der Waals surface area (Å²) in [6, 6.07) is 13.9. The van der Waals surface area contributed by atoms with Crippen LogP contribution in [0.4, 0.5) is 11.9 Å². The van der Waals surface area contributed by atoms with Crippen molar-refractivity contribution in [2.75, 3.05) is 5.32 Å². The Morgan fingerprint density at radius 2 is 1.72 bits per heavy atom. The number of para-hydroxylation sites is 1. The molecule has 0 aliphatic rings. The second-order valence-electron chi connectivity index (χ2n) is 7.01. The van der Waals surface area contributed by atoms with Crippen molar-refractivity contribution in [1.82, 2.24) is 19.9 Å². The molecule has 0 radical (unpaired) electrons. The van der Waals surface area contributed by atoms with Crippen LogP contribution in [-0.2, 0) is 6.42 Å². The number of halogens is 1. The minimum atomic E-state index is -0.170. The molecule has 2 aromatic heterocycles. The van der Waals surface area contributed by atoms with Gasteiger partial charge in [0.15, 0.2) is 0 Å². The number of hydrogen-bond donors (Lipinski definition) is 2. The number of rotatable bonds is 4. The van der Waals surface area contributed by atoms with E-state index in [-0.39, 0.29) is 5.56 Å². The van der Waals surface area contributed by atoms with E-state index in [1.54, 1.807) is 0 Å². The number of nitrogens with one attached hydrogen (secondary N) is 2. The van der Waals surface area contributed by atoms with Gasteiger partial charge < -0.3 is 0 Å². The maximum Gasteiger partial charge on any atom is 0.256 e. The molecule has 4 aromatic rings. The molecule has 2 N–H and O–H groups in total. The molecular weight excluding hydrogens is 430 g/mol. The van der Waals surface area contributed by atoms with Crippen LogP contribution in [0.25, 0.3) is 10.9 Å². The normalized spacial score (nSPS) is 11.0. The van der Waals surface area contributed by atoms with E-state index in [9.17, 15) is 4.79 Å². The molecule has 0 saturated carbocycles. The molecule has 2 aromatic carbocycles. The van der Waals surface area contributed by atoms with E-state index in [2.05, 4.69) is 41.2 Å². The zero-order valence-electron chi connectivity index (χ0n) is 16.4. The van der Waals surface area contributed by atoms with Gasteiger partial charge in [-0.3, -0.25) is 15.1 Å². The molecule has 0 aliphatic carbocycles. The number of aromatic amines is 1. The molecule has 0 unspecified atom stereocenters. The minimum Gasteiger partial charge on any atom is -0.294 e. The van der Waals surface area contributed by atoms with Crippen molar-refractivity contribution in [3.05, 3.63) is 85.4 Å². The molecule has 6 nitrogen and oxygen atoms in total. The Balaban J connectivity index is 1.65. The third kappa shape index (κ3) is 4.05. The highest BCUT2D eigenvalue weighted by Crippen LogP contribution is 2.21. The first-order valence-corrected chi connectivity index (χ1v) is 10.1.